The van der Waals surface area contributed by atoms with Gasteiger partial charge in [-0.3, -0.25) is 9.67 Å². The predicted molar refractivity (Wildman–Crippen MR) is 87.7 cm³/mol. The molecule has 1 aromatic rings. The first kappa shape index (κ1) is 16.2. The van der Waals surface area contributed by atoms with Crippen LogP contribution in [0.15, 0.2) is 17.4 Å². The van der Waals surface area contributed by atoms with Crippen LogP contribution in [0.25, 0.3) is 0 Å². The summed E-state index contributed by atoms with van der Waals surface area (Å²) in [4.78, 5) is 6.55. The Morgan fingerprint density at radius 2 is 2.32 bits per heavy atom. The molecular formula is C12H23IN6. The van der Waals surface area contributed by atoms with Gasteiger partial charge in [0.05, 0.1) is 18.8 Å². The number of guanidine groups is 1. The van der Waals surface area contributed by atoms with Gasteiger partial charge in [0, 0.05) is 24.8 Å². The first-order valence-corrected chi connectivity index (χ1v) is 6.27. The lowest BCUT2D eigenvalue weighted by Crippen LogP contribution is -2.34. The van der Waals surface area contributed by atoms with E-state index in [0.29, 0.717) is 18.5 Å². The Morgan fingerprint density at radius 1 is 1.63 bits per heavy atom. The molecular weight excluding hydrogens is 355 g/mol. The number of halogens is 1. The van der Waals surface area contributed by atoms with Crippen molar-refractivity contribution in [1.82, 2.24) is 20.0 Å². The van der Waals surface area contributed by atoms with E-state index in [0.717, 1.165) is 5.56 Å². The standard InChI is InChI=1S/C12H22N6.HI/c1-17(2)11(9-6-15-18(3)8-9)7-14-12(13)16-10-4-5-10;/h6,8,10-11H,4-5,7H2,1-3H3,(H3,13,14,16);1H. The van der Waals surface area contributed by atoms with Gasteiger partial charge in [0.1, 0.15) is 0 Å². The lowest BCUT2D eigenvalue weighted by atomic mass is 10.1. The summed E-state index contributed by atoms with van der Waals surface area (Å²) in [5.41, 5.74) is 7.00. The number of hydrogen-bond acceptors (Lipinski definition) is 3. The maximum absolute atomic E-state index is 5.85. The molecule has 1 unspecified atom stereocenters. The Kier molecular flexibility index (Phi) is 6.05. The van der Waals surface area contributed by atoms with Crippen molar-refractivity contribution in [3.63, 3.8) is 0 Å². The summed E-state index contributed by atoms with van der Waals surface area (Å²) in [6.45, 7) is 0.643. The van der Waals surface area contributed by atoms with Crippen molar-refractivity contribution in [3.05, 3.63) is 18.0 Å². The minimum absolute atomic E-state index is 0. The molecule has 0 aromatic carbocycles. The highest BCUT2D eigenvalue weighted by Gasteiger charge is 2.21. The number of nitrogens with zero attached hydrogens (tertiary/aromatic N) is 4. The van der Waals surface area contributed by atoms with Crippen LogP contribution >= 0.6 is 24.0 Å². The third-order valence-corrected chi connectivity index (χ3v) is 3.10. The molecule has 1 heterocycles. The number of rotatable bonds is 5. The molecule has 108 valence electrons. The Morgan fingerprint density at radius 3 is 2.79 bits per heavy atom. The molecule has 0 radical (unpaired) electrons. The van der Waals surface area contributed by atoms with E-state index >= 15 is 0 Å². The molecule has 19 heavy (non-hydrogen) atoms. The van der Waals surface area contributed by atoms with Crippen LogP contribution in [0.5, 0.6) is 0 Å². The highest BCUT2D eigenvalue weighted by Crippen LogP contribution is 2.19. The average Bonchev–Trinajstić information content (AvgIpc) is 3.00. The summed E-state index contributed by atoms with van der Waals surface area (Å²) >= 11 is 0. The number of hydrogen-bond donors (Lipinski definition) is 2. The van der Waals surface area contributed by atoms with Gasteiger partial charge < -0.3 is 16.0 Å². The fraction of sp³-hybridized carbons (Fsp3) is 0.667. The zero-order valence-electron chi connectivity index (χ0n) is 11.7. The van der Waals surface area contributed by atoms with Gasteiger partial charge >= 0.3 is 0 Å². The molecule has 6 nitrogen and oxygen atoms in total. The second-order valence-corrected chi connectivity index (χ2v) is 5.07. The van der Waals surface area contributed by atoms with Crippen molar-refractivity contribution in [2.75, 3.05) is 20.6 Å². The van der Waals surface area contributed by atoms with Crippen LogP contribution in [0.2, 0.25) is 0 Å². The topological polar surface area (TPSA) is 71.5 Å². The van der Waals surface area contributed by atoms with Gasteiger partial charge in [0.15, 0.2) is 5.96 Å². The summed E-state index contributed by atoms with van der Waals surface area (Å²) in [5.74, 6) is 0.549. The molecule has 2 rings (SSSR count). The Bertz CT molecular complexity index is 424. The largest absolute Gasteiger partial charge is 0.370 e. The van der Waals surface area contributed by atoms with E-state index < -0.39 is 0 Å². The van der Waals surface area contributed by atoms with Crippen LogP contribution in [0.3, 0.4) is 0 Å². The van der Waals surface area contributed by atoms with E-state index in [1.54, 1.807) is 4.68 Å². The molecule has 0 saturated heterocycles. The summed E-state index contributed by atoms with van der Waals surface area (Å²) < 4.78 is 1.81. The van der Waals surface area contributed by atoms with Gasteiger partial charge in [-0.05, 0) is 26.9 Å². The number of aryl methyl sites for hydroxylation is 1. The number of nitrogens with two attached hydrogens (primary N) is 1. The molecule has 0 amide bonds. The number of aromatic nitrogens is 2. The van der Waals surface area contributed by atoms with Crippen molar-refractivity contribution < 1.29 is 0 Å². The van der Waals surface area contributed by atoms with Crippen LogP contribution < -0.4 is 11.1 Å². The number of nitrogens with one attached hydrogen (secondary N) is 1. The smallest absolute Gasteiger partial charge is 0.188 e. The van der Waals surface area contributed by atoms with E-state index in [-0.39, 0.29) is 30.0 Å². The quantitative estimate of drug-likeness (QED) is 0.450. The van der Waals surface area contributed by atoms with Gasteiger partial charge in [-0.2, -0.15) is 5.10 Å². The zero-order chi connectivity index (χ0) is 13.1. The van der Waals surface area contributed by atoms with E-state index in [9.17, 15) is 0 Å². The molecule has 3 N–H and O–H groups in total. The first-order valence-electron chi connectivity index (χ1n) is 6.27. The Labute approximate surface area is 131 Å². The van der Waals surface area contributed by atoms with Crippen molar-refractivity contribution in [3.8, 4) is 0 Å². The summed E-state index contributed by atoms with van der Waals surface area (Å²) in [6.07, 6.45) is 6.31. The molecule has 0 bridgehead atoms. The second kappa shape index (κ2) is 7.09. The molecule has 0 spiro atoms. The summed E-state index contributed by atoms with van der Waals surface area (Å²) in [6, 6.07) is 0.753. The first-order chi connectivity index (χ1) is 8.56. The highest BCUT2D eigenvalue weighted by molar-refractivity contribution is 14.0. The van der Waals surface area contributed by atoms with E-state index in [1.165, 1.54) is 12.8 Å². The van der Waals surface area contributed by atoms with Crippen LogP contribution in [0.4, 0.5) is 0 Å². The molecule has 1 atom stereocenters. The van der Waals surface area contributed by atoms with Crippen LogP contribution in [-0.4, -0.2) is 47.3 Å². The van der Waals surface area contributed by atoms with E-state index in [1.807, 2.05) is 33.5 Å². The van der Waals surface area contributed by atoms with Crippen molar-refractivity contribution in [2.45, 2.75) is 24.9 Å². The van der Waals surface area contributed by atoms with Gasteiger partial charge in [-0.25, -0.2) is 0 Å². The Hall–Kier alpha value is -0.830. The fourth-order valence-corrected chi connectivity index (χ4v) is 1.85. The maximum atomic E-state index is 5.85. The third kappa shape index (κ3) is 4.98. The minimum Gasteiger partial charge on any atom is -0.370 e. The molecule has 1 aromatic heterocycles. The lowest BCUT2D eigenvalue weighted by molar-refractivity contribution is 0.306. The van der Waals surface area contributed by atoms with E-state index in [4.69, 9.17) is 5.73 Å². The van der Waals surface area contributed by atoms with Crippen molar-refractivity contribution in [1.29, 1.82) is 0 Å². The van der Waals surface area contributed by atoms with Gasteiger partial charge in [0.25, 0.3) is 0 Å². The highest BCUT2D eigenvalue weighted by atomic mass is 127. The fourth-order valence-electron chi connectivity index (χ4n) is 1.85. The predicted octanol–water partition coefficient (Wildman–Crippen LogP) is 0.708. The summed E-state index contributed by atoms with van der Waals surface area (Å²) in [7, 11) is 6.00. The number of likely N-dealkylation sites (N-methyl/N-ethyl adjacent to an activating group) is 1. The van der Waals surface area contributed by atoms with Crippen molar-refractivity contribution >= 4 is 29.9 Å². The monoisotopic (exact) mass is 378 g/mol. The van der Waals surface area contributed by atoms with Crippen molar-refractivity contribution in [2.24, 2.45) is 17.8 Å². The van der Waals surface area contributed by atoms with E-state index in [2.05, 4.69) is 20.3 Å². The van der Waals surface area contributed by atoms with Gasteiger partial charge in [0.2, 0.25) is 0 Å². The minimum atomic E-state index is 0. The normalized spacial score (nSPS) is 17.2. The second-order valence-electron chi connectivity index (χ2n) is 5.07. The molecule has 1 fully saturated rings. The molecule has 1 aliphatic rings. The van der Waals surface area contributed by atoms with Gasteiger partial charge in [-0.1, -0.05) is 0 Å². The lowest BCUT2D eigenvalue weighted by Gasteiger charge is -2.21. The molecule has 7 heteroatoms. The van der Waals surface area contributed by atoms with Crippen LogP contribution in [0, 0.1) is 0 Å². The SMILES string of the molecule is CN(C)C(CN=C(N)NC1CC1)c1cnn(C)c1.I. The molecule has 1 aliphatic carbocycles. The molecule has 1 saturated carbocycles. The van der Waals surface area contributed by atoms with Crippen LogP contribution in [0.1, 0.15) is 24.4 Å². The third-order valence-electron chi connectivity index (χ3n) is 3.10. The van der Waals surface area contributed by atoms with Gasteiger partial charge in [-0.15, -0.1) is 24.0 Å². The zero-order valence-corrected chi connectivity index (χ0v) is 14.0. The summed E-state index contributed by atoms with van der Waals surface area (Å²) in [5, 5.41) is 7.39. The van der Waals surface area contributed by atoms with Crippen LogP contribution in [-0.2, 0) is 7.05 Å². The Balaban J connectivity index is 0.00000180. The molecule has 0 aliphatic heterocycles. The average molecular weight is 378 g/mol. The number of aliphatic imine (C=N–C) groups is 1. The maximum Gasteiger partial charge on any atom is 0.188 e.